The quantitative estimate of drug-likeness (QED) is 0.642. The number of carbonyl (C=O) groups is 1. The fourth-order valence-corrected chi connectivity index (χ4v) is 7.78. The summed E-state index contributed by atoms with van der Waals surface area (Å²) < 4.78 is 41.4. The van der Waals surface area contributed by atoms with E-state index in [1.54, 1.807) is 6.07 Å². The number of anilines is 1. The second kappa shape index (κ2) is 9.82. The number of alkyl halides is 3. The first-order chi connectivity index (χ1) is 12.9. The molecule has 0 radical (unpaired) electrons. The third-order valence-corrected chi connectivity index (χ3v) is 10.5. The smallest absolute Gasteiger partial charge is 0.147 e. The summed E-state index contributed by atoms with van der Waals surface area (Å²) in [5.41, 5.74) is 1.57. The van der Waals surface area contributed by atoms with Gasteiger partial charge in [0.1, 0.15) is 0 Å². The van der Waals surface area contributed by atoms with Gasteiger partial charge in [0, 0.05) is 0 Å². The van der Waals surface area contributed by atoms with E-state index in [4.69, 9.17) is 0 Å². The van der Waals surface area contributed by atoms with Crippen LogP contribution in [0.1, 0.15) is 28.8 Å². The van der Waals surface area contributed by atoms with Gasteiger partial charge in [0.15, 0.2) is 0 Å². The molecule has 1 fully saturated rings. The van der Waals surface area contributed by atoms with Gasteiger partial charge in [-0.3, -0.25) is 0 Å². The topological polar surface area (TPSA) is 41.1 Å². The molecule has 8 heteroatoms. The molecular weight excluding hydrogens is 452 g/mol. The monoisotopic (exact) mass is 474 g/mol. The van der Waals surface area contributed by atoms with Crippen molar-refractivity contribution < 1.29 is 18.0 Å². The predicted molar refractivity (Wildman–Crippen MR) is 110 cm³/mol. The van der Waals surface area contributed by atoms with E-state index in [1.807, 2.05) is 12.1 Å². The van der Waals surface area contributed by atoms with Crippen LogP contribution >= 0.6 is 12.4 Å². The standard InChI is InChI=1S/C20H22AsF3N2O.ClH/c1-21(14-9-11-25-12-10-14)15-5-4-6-16(13-15)26-19(27)17-7-2-3-8-18(17)20(22,23)24;/h2-8,13-14,25H,9-12H2,1H3,(H,26,27);1H. The van der Waals surface area contributed by atoms with Crippen LogP contribution in [0.5, 0.6) is 0 Å². The molecule has 152 valence electrons. The molecule has 1 aliphatic rings. The van der Waals surface area contributed by atoms with Crippen LogP contribution in [0.3, 0.4) is 0 Å². The van der Waals surface area contributed by atoms with E-state index in [-0.39, 0.29) is 18.0 Å². The van der Waals surface area contributed by atoms with Crippen LogP contribution < -0.4 is 15.0 Å². The van der Waals surface area contributed by atoms with Gasteiger partial charge in [-0.15, -0.1) is 12.4 Å². The molecule has 0 saturated carbocycles. The first-order valence-electron chi connectivity index (χ1n) is 8.87. The number of halogens is 4. The molecule has 0 spiro atoms. The zero-order chi connectivity index (χ0) is 19.4. The fourth-order valence-electron chi connectivity index (χ4n) is 3.33. The number of benzene rings is 2. The molecule has 0 bridgehead atoms. The summed E-state index contributed by atoms with van der Waals surface area (Å²) in [7, 11) is 0. The fraction of sp³-hybridized carbons (Fsp3) is 0.350. The van der Waals surface area contributed by atoms with Gasteiger partial charge >= 0.3 is 161 Å². The summed E-state index contributed by atoms with van der Waals surface area (Å²) in [6, 6.07) is 12.4. The van der Waals surface area contributed by atoms with E-state index in [9.17, 15) is 18.0 Å². The van der Waals surface area contributed by atoms with Gasteiger partial charge in [0.25, 0.3) is 0 Å². The maximum Gasteiger partial charge on any atom is -0.147 e. The van der Waals surface area contributed by atoms with Crippen LogP contribution in [-0.4, -0.2) is 33.6 Å². The minimum atomic E-state index is -4.56. The van der Waals surface area contributed by atoms with Crippen LogP contribution in [0.15, 0.2) is 48.5 Å². The van der Waals surface area contributed by atoms with E-state index in [1.165, 1.54) is 22.6 Å². The second-order valence-corrected chi connectivity index (χ2v) is 11.8. The third kappa shape index (κ3) is 5.53. The van der Waals surface area contributed by atoms with Crippen LogP contribution in [0.25, 0.3) is 0 Å². The van der Waals surface area contributed by atoms with E-state index in [2.05, 4.69) is 22.4 Å². The number of hydrogen-bond acceptors (Lipinski definition) is 2. The molecule has 28 heavy (non-hydrogen) atoms. The number of hydrogen-bond donors (Lipinski definition) is 2. The molecule has 1 saturated heterocycles. The van der Waals surface area contributed by atoms with Crippen LogP contribution in [0, 0.1) is 0 Å². The summed E-state index contributed by atoms with van der Waals surface area (Å²) >= 11 is -1.27. The molecule has 2 N–H and O–H groups in total. The maximum atomic E-state index is 13.1. The largest absolute Gasteiger partial charge is 0.147 e. The van der Waals surface area contributed by atoms with Crippen molar-refractivity contribution in [3.8, 4) is 0 Å². The van der Waals surface area contributed by atoms with Gasteiger partial charge in [-0.1, -0.05) is 0 Å². The molecule has 2 aromatic carbocycles. The Morgan fingerprint density at radius 1 is 1.11 bits per heavy atom. The normalized spacial score (nSPS) is 16.1. The van der Waals surface area contributed by atoms with Crippen LogP contribution in [0.4, 0.5) is 18.9 Å². The number of amides is 1. The van der Waals surface area contributed by atoms with Crippen molar-refractivity contribution in [2.75, 3.05) is 18.4 Å². The van der Waals surface area contributed by atoms with E-state index < -0.39 is 32.3 Å². The molecule has 0 aliphatic carbocycles. The van der Waals surface area contributed by atoms with Crippen molar-refractivity contribution in [2.45, 2.75) is 29.4 Å². The summed E-state index contributed by atoms with van der Waals surface area (Å²) in [5.74, 6) is -0.739. The Kier molecular flexibility index (Phi) is 7.99. The molecule has 2 aromatic rings. The van der Waals surface area contributed by atoms with Crippen molar-refractivity contribution in [3.05, 3.63) is 59.7 Å². The van der Waals surface area contributed by atoms with E-state index in [0.717, 1.165) is 32.0 Å². The Labute approximate surface area is 173 Å². The van der Waals surface area contributed by atoms with E-state index >= 15 is 0 Å². The molecule has 1 aliphatic heterocycles. The van der Waals surface area contributed by atoms with Gasteiger partial charge in [-0.05, 0) is 0 Å². The Morgan fingerprint density at radius 3 is 2.46 bits per heavy atom. The Morgan fingerprint density at radius 2 is 1.79 bits per heavy atom. The van der Waals surface area contributed by atoms with Crippen molar-refractivity contribution in [1.29, 1.82) is 0 Å². The van der Waals surface area contributed by atoms with Gasteiger partial charge in [-0.2, -0.15) is 0 Å². The van der Waals surface area contributed by atoms with Crippen LogP contribution in [0.2, 0.25) is 10.4 Å². The second-order valence-electron chi connectivity index (χ2n) is 6.64. The molecule has 3 nitrogen and oxygen atoms in total. The Balaban J connectivity index is 0.00000280. The number of carbonyl (C=O) groups excluding carboxylic acids is 1. The molecule has 1 atom stereocenters. The Bertz CT molecular complexity index is 810. The summed E-state index contributed by atoms with van der Waals surface area (Å²) in [6.45, 7) is 2.07. The van der Waals surface area contributed by atoms with E-state index in [0.29, 0.717) is 10.4 Å². The zero-order valence-corrected chi connectivity index (χ0v) is 18.1. The average molecular weight is 475 g/mol. The van der Waals surface area contributed by atoms with Gasteiger partial charge in [-0.25, -0.2) is 0 Å². The van der Waals surface area contributed by atoms with Crippen molar-refractivity contribution in [2.24, 2.45) is 0 Å². The van der Waals surface area contributed by atoms with Crippen LogP contribution in [-0.2, 0) is 6.18 Å². The molecule has 1 amide bonds. The number of nitrogens with one attached hydrogen (secondary N) is 2. The predicted octanol–water partition coefficient (Wildman–Crippen LogP) is 4.46. The number of rotatable bonds is 4. The first kappa shape index (κ1) is 22.8. The third-order valence-electron chi connectivity index (χ3n) is 4.84. The number of piperidine rings is 1. The SMILES string of the molecule is C[As](c1cccc(NC(=O)c2ccccc2C(F)(F)F)c1)C1CCNCC1.Cl. The summed E-state index contributed by atoms with van der Waals surface area (Å²) in [6.07, 6.45) is -2.25. The van der Waals surface area contributed by atoms with Crippen molar-refractivity contribution >= 4 is 43.0 Å². The molecule has 1 unspecified atom stereocenters. The molecule has 0 aromatic heterocycles. The molecular formula is C20H23AsClF3N2O. The van der Waals surface area contributed by atoms with Crippen molar-refractivity contribution in [3.63, 3.8) is 0 Å². The van der Waals surface area contributed by atoms with Gasteiger partial charge in [0.2, 0.25) is 0 Å². The minimum Gasteiger partial charge on any atom is -0.147 e. The average Bonchev–Trinajstić information content (AvgIpc) is 2.67. The molecule has 3 rings (SSSR count). The zero-order valence-electron chi connectivity index (χ0n) is 15.4. The summed E-state index contributed by atoms with van der Waals surface area (Å²) in [4.78, 5) is 12.5. The molecule has 1 heterocycles. The summed E-state index contributed by atoms with van der Waals surface area (Å²) in [5, 5.41) is 6.01. The van der Waals surface area contributed by atoms with Crippen molar-refractivity contribution in [1.82, 2.24) is 5.32 Å². The van der Waals surface area contributed by atoms with Gasteiger partial charge in [0.05, 0.1) is 0 Å². The first-order valence-corrected chi connectivity index (χ1v) is 12.8. The Hall–Kier alpha value is -1.49. The van der Waals surface area contributed by atoms with Gasteiger partial charge < -0.3 is 0 Å². The maximum absolute atomic E-state index is 13.1. The minimum absolute atomic E-state index is 0.